The molecule has 1 saturated heterocycles. The SMILES string of the molecule is COCC1CCCN1C(=O)c1ccc2c(c1)OCO2. The molecule has 1 aromatic rings. The van der Waals surface area contributed by atoms with Gasteiger partial charge < -0.3 is 19.1 Å². The van der Waals surface area contributed by atoms with Crippen LogP contribution >= 0.6 is 0 Å². The molecule has 2 heterocycles. The van der Waals surface area contributed by atoms with E-state index in [2.05, 4.69) is 0 Å². The minimum Gasteiger partial charge on any atom is -0.454 e. The van der Waals surface area contributed by atoms with E-state index in [1.54, 1.807) is 25.3 Å². The summed E-state index contributed by atoms with van der Waals surface area (Å²) in [5, 5.41) is 0. The van der Waals surface area contributed by atoms with Crippen LogP contribution in [-0.2, 0) is 4.74 Å². The minimum atomic E-state index is 0.0397. The number of hydrogen-bond acceptors (Lipinski definition) is 4. The van der Waals surface area contributed by atoms with E-state index >= 15 is 0 Å². The van der Waals surface area contributed by atoms with Crippen molar-refractivity contribution in [3.05, 3.63) is 23.8 Å². The molecule has 0 aliphatic carbocycles. The number of carbonyl (C=O) groups is 1. The van der Waals surface area contributed by atoms with Gasteiger partial charge in [0.1, 0.15) is 0 Å². The molecular formula is C14H17NO4. The molecule has 0 saturated carbocycles. The number of rotatable bonds is 3. The molecule has 0 aromatic heterocycles. The number of ether oxygens (including phenoxy) is 3. The maximum atomic E-state index is 12.5. The lowest BCUT2D eigenvalue weighted by Gasteiger charge is -2.24. The Morgan fingerprint density at radius 1 is 1.42 bits per heavy atom. The molecule has 2 aliphatic rings. The van der Waals surface area contributed by atoms with Crippen molar-refractivity contribution in [3.8, 4) is 11.5 Å². The number of nitrogens with zero attached hydrogens (tertiary/aromatic N) is 1. The van der Waals surface area contributed by atoms with Crippen molar-refractivity contribution >= 4 is 5.91 Å². The first kappa shape index (κ1) is 12.3. The van der Waals surface area contributed by atoms with E-state index in [9.17, 15) is 4.79 Å². The van der Waals surface area contributed by atoms with Crippen LogP contribution in [0.15, 0.2) is 18.2 Å². The number of benzene rings is 1. The van der Waals surface area contributed by atoms with E-state index in [-0.39, 0.29) is 18.7 Å². The van der Waals surface area contributed by atoms with Gasteiger partial charge in [0.2, 0.25) is 6.79 Å². The van der Waals surface area contributed by atoms with Crippen LogP contribution in [0.3, 0.4) is 0 Å². The number of methoxy groups -OCH3 is 1. The van der Waals surface area contributed by atoms with Crippen molar-refractivity contribution in [1.82, 2.24) is 4.90 Å². The summed E-state index contributed by atoms with van der Waals surface area (Å²) in [6, 6.07) is 5.52. The van der Waals surface area contributed by atoms with Crippen LogP contribution in [0.4, 0.5) is 0 Å². The highest BCUT2D eigenvalue weighted by Gasteiger charge is 2.30. The predicted molar refractivity (Wildman–Crippen MR) is 68.5 cm³/mol. The number of likely N-dealkylation sites (tertiary alicyclic amines) is 1. The molecule has 0 N–H and O–H groups in total. The first-order chi connectivity index (χ1) is 9.29. The number of hydrogen-bond donors (Lipinski definition) is 0. The van der Waals surface area contributed by atoms with Gasteiger partial charge in [0.05, 0.1) is 12.6 Å². The molecule has 0 bridgehead atoms. The van der Waals surface area contributed by atoms with E-state index in [0.29, 0.717) is 23.7 Å². The Bertz CT molecular complexity index is 488. The number of carbonyl (C=O) groups excluding carboxylic acids is 1. The van der Waals surface area contributed by atoms with Crippen molar-refractivity contribution in [2.24, 2.45) is 0 Å². The molecule has 5 heteroatoms. The molecule has 1 aromatic carbocycles. The van der Waals surface area contributed by atoms with Gasteiger partial charge in [-0.05, 0) is 31.0 Å². The minimum absolute atomic E-state index is 0.0397. The first-order valence-electron chi connectivity index (χ1n) is 6.49. The van der Waals surface area contributed by atoms with Gasteiger partial charge in [0, 0.05) is 19.2 Å². The summed E-state index contributed by atoms with van der Waals surface area (Å²) in [7, 11) is 1.67. The lowest BCUT2D eigenvalue weighted by molar-refractivity contribution is 0.0630. The van der Waals surface area contributed by atoms with Gasteiger partial charge in [-0.1, -0.05) is 0 Å². The summed E-state index contributed by atoms with van der Waals surface area (Å²) in [5.74, 6) is 1.39. The van der Waals surface area contributed by atoms with E-state index < -0.39 is 0 Å². The lowest BCUT2D eigenvalue weighted by atomic mass is 10.1. The summed E-state index contributed by atoms with van der Waals surface area (Å²) in [6.45, 7) is 1.61. The van der Waals surface area contributed by atoms with Gasteiger partial charge in [0.25, 0.3) is 5.91 Å². The fourth-order valence-electron chi connectivity index (χ4n) is 2.66. The van der Waals surface area contributed by atoms with Gasteiger partial charge >= 0.3 is 0 Å². The fourth-order valence-corrected chi connectivity index (χ4v) is 2.66. The standard InChI is InChI=1S/C14H17NO4/c1-17-8-11-3-2-6-15(11)14(16)10-4-5-12-13(7-10)19-9-18-12/h4-5,7,11H,2-3,6,8-9H2,1H3. The van der Waals surface area contributed by atoms with Crippen LogP contribution in [0.5, 0.6) is 11.5 Å². The Labute approximate surface area is 112 Å². The monoisotopic (exact) mass is 263 g/mol. The van der Waals surface area contributed by atoms with Crippen molar-refractivity contribution < 1.29 is 19.0 Å². The zero-order valence-corrected chi connectivity index (χ0v) is 10.9. The van der Waals surface area contributed by atoms with Gasteiger partial charge in [-0.25, -0.2) is 0 Å². The van der Waals surface area contributed by atoms with Crippen LogP contribution in [0.2, 0.25) is 0 Å². The topological polar surface area (TPSA) is 48.0 Å². The summed E-state index contributed by atoms with van der Waals surface area (Å²) in [5.41, 5.74) is 0.646. The largest absolute Gasteiger partial charge is 0.454 e. The molecule has 19 heavy (non-hydrogen) atoms. The quantitative estimate of drug-likeness (QED) is 0.832. The highest BCUT2D eigenvalue weighted by atomic mass is 16.7. The molecule has 0 spiro atoms. The van der Waals surface area contributed by atoms with E-state index in [1.165, 1.54) is 0 Å². The molecule has 102 valence electrons. The Hall–Kier alpha value is -1.75. The molecule has 3 rings (SSSR count). The Kier molecular flexibility index (Phi) is 3.29. The van der Waals surface area contributed by atoms with Gasteiger partial charge in [-0.15, -0.1) is 0 Å². The fraction of sp³-hybridized carbons (Fsp3) is 0.500. The third-order valence-electron chi connectivity index (χ3n) is 3.62. The molecular weight excluding hydrogens is 246 g/mol. The molecule has 1 atom stereocenters. The molecule has 5 nitrogen and oxygen atoms in total. The number of amides is 1. The summed E-state index contributed by atoms with van der Waals surface area (Å²) in [6.07, 6.45) is 2.04. The van der Waals surface area contributed by atoms with Gasteiger partial charge in [-0.2, -0.15) is 0 Å². The average molecular weight is 263 g/mol. The Balaban J connectivity index is 1.79. The highest BCUT2D eigenvalue weighted by molar-refractivity contribution is 5.95. The predicted octanol–water partition coefficient (Wildman–Crippen LogP) is 1.67. The van der Waals surface area contributed by atoms with Crippen LogP contribution in [0, 0.1) is 0 Å². The van der Waals surface area contributed by atoms with Crippen LogP contribution < -0.4 is 9.47 Å². The third kappa shape index (κ3) is 2.26. The summed E-state index contributed by atoms with van der Waals surface area (Å²) >= 11 is 0. The van der Waals surface area contributed by atoms with Crippen LogP contribution in [0.25, 0.3) is 0 Å². The van der Waals surface area contributed by atoms with Crippen molar-refractivity contribution in [2.45, 2.75) is 18.9 Å². The maximum absolute atomic E-state index is 12.5. The first-order valence-corrected chi connectivity index (χ1v) is 6.49. The smallest absolute Gasteiger partial charge is 0.254 e. The van der Waals surface area contributed by atoms with Crippen LogP contribution in [0.1, 0.15) is 23.2 Å². The van der Waals surface area contributed by atoms with E-state index in [1.807, 2.05) is 4.90 Å². The third-order valence-corrected chi connectivity index (χ3v) is 3.62. The Morgan fingerprint density at radius 3 is 3.11 bits per heavy atom. The summed E-state index contributed by atoms with van der Waals surface area (Å²) in [4.78, 5) is 14.4. The molecule has 1 fully saturated rings. The highest BCUT2D eigenvalue weighted by Crippen LogP contribution is 2.33. The van der Waals surface area contributed by atoms with E-state index in [4.69, 9.17) is 14.2 Å². The number of fused-ring (bicyclic) bond motifs is 1. The van der Waals surface area contributed by atoms with Gasteiger partial charge in [0.15, 0.2) is 11.5 Å². The summed E-state index contributed by atoms with van der Waals surface area (Å²) < 4.78 is 15.7. The normalized spacial score (nSPS) is 20.9. The second-order valence-electron chi connectivity index (χ2n) is 4.82. The molecule has 2 aliphatic heterocycles. The molecule has 1 amide bonds. The average Bonchev–Trinajstić information content (AvgIpc) is 3.05. The van der Waals surface area contributed by atoms with Crippen molar-refractivity contribution in [1.29, 1.82) is 0 Å². The zero-order valence-electron chi connectivity index (χ0n) is 10.9. The van der Waals surface area contributed by atoms with Gasteiger partial charge in [-0.3, -0.25) is 4.79 Å². The molecule has 0 radical (unpaired) electrons. The van der Waals surface area contributed by atoms with Crippen LogP contribution in [-0.4, -0.2) is 43.9 Å². The molecule has 1 unspecified atom stereocenters. The second-order valence-corrected chi connectivity index (χ2v) is 4.82. The zero-order chi connectivity index (χ0) is 13.2. The Morgan fingerprint density at radius 2 is 2.26 bits per heavy atom. The maximum Gasteiger partial charge on any atom is 0.254 e. The van der Waals surface area contributed by atoms with Crippen molar-refractivity contribution in [3.63, 3.8) is 0 Å². The second kappa shape index (κ2) is 5.09. The van der Waals surface area contributed by atoms with Crippen molar-refractivity contribution in [2.75, 3.05) is 27.1 Å². The van der Waals surface area contributed by atoms with E-state index in [0.717, 1.165) is 19.4 Å². The lowest BCUT2D eigenvalue weighted by Crippen LogP contribution is -2.38.